The van der Waals surface area contributed by atoms with Crippen molar-refractivity contribution in [1.29, 1.82) is 0 Å². The first-order valence-corrected chi connectivity index (χ1v) is 9.10. The van der Waals surface area contributed by atoms with Gasteiger partial charge in [-0.2, -0.15) is 11.8 Å². The molecule has 0 amide bonds. The van der Waals surface area contributed by atoms with Crippen LogP contribution < -0.4 is 10.6 Å². The summed E-state index contributed by atoms with van der Waals surface area (Å²) in [6.07, 6.45) is 3.21. The van der Waals surface area contributed by atoms with E-state index in [9.17, 15) is 0 Å². The lowest BCUT2D eigenvalue weighted by Crippen LogP contribution is -2.40. The predicted octanol–water partition coefficient (Wildman–Crippen LogP) is 3.07. The zero-order valence-corrected chi connectivity index (χ0v) is 15.0. The molecule has 0 aliphatic rings. The Labute approximate surface area is 139 Å². The van der Waals surface area contributed by atoms with Gasteiger partial charge in [-0.15, -0.1) is 0 Å². The first kappa shape index (κ1) is 18.8. The maximum Gasteiger partial charge on any atom is 0.191 e. The highest BCUT2D eigenvalue weighted by Gasteiger charge is 2.05. The van der Waals surface area contributed by atoms with E-state index in [0.717, 1.165) is 32.1 Å². The zero-order chi connectivity index (χ0) is 16.2. The molecule has 0 spiro atoms. The van der Waals surface area contributed by atoms with E-state index in [1.807, 2.05) is 30.0 Å². The zero-order valence-electron chi connectivity index (χ0n) is 14.1. The van der Waals surface area contributed by atoms with E-state index in [4.69, 9.17) is 4.74 Å². The van der Waals surface area contributed by atoms with Gasteiger partial charge >= 0.3 is 0 Å². The molecule has 22 heavy (non-hydrogen) atoms. The van der Waals surface area contributed by atoms with E-state index in [-0.39, 0.29) is 6.10 Å². The minimum Gasteiger partial charge on any atom is -0.374 e. The fourth-order valence-electron chi connectivity index (χ4n) is 1.90. The van der Waals surface area contributed by atoms with Gasteiger partial charge in [0.2, 0.25) is 0 Å². The molecule has 4 nitrogen and oxygen atoms in total. The van der Waals surface area contributed by atoms with E-state index >= 15 is 0 Å². The van der Waals surface area contributed by atoms with Gasteiger partial charge in [-0.3, -0.25) is 4.99 Å². The molecular weight excluding hydrogens is 294 g/mol. The Kier molecular flexibility index (Phi) is 9.75. The van der Waals surface area contributed by atoms with Gasteiger partial charge in [-0.25, -0.2) is 0 Å². The van der Waals surface area contributed by atoms with Crippen molar-refractivity contribution in [2.24, 2.45) is 4.99 Å². The third kappa shape index (κ3) is 7.71. The van der Waals surface area contributed by atoms with E-state index in [0.29, 0.717) is 5.25 Å². The Hall–Kier alpha value is -1.20. The fraction of sp³-hybridized carbons (Fsp3) is 0.588. The number of aliphatic imine (C=N–C) groups is 1. The molecule has 5 heteroatoms. The lowest BCUT2D eigenvalue weighted by atomic mass is 10.1. The van der Waals surface area contributed by atoms with Crippen LogP contribution in [0.2, 0.25) is 0 Å². The average molecular weight is 324 g/mol. The molecule has 0 heterocycles. The molecule has 0 aliphatic carbocycles. The molecule has 0 saturated carbocycles. The summed E-state index contributed by atoms with van der Waals surface area (Å²) in [6.45, 7) is 6.80. The normalized spacial score (nSPS) is 14.5. The second-order valence-corrected chi connectivity index (χ2v) is 6.48. The van der Waals surface area contributed by atoms with Crippen molar-refractivity contribution in [2.75, 3.05) is 33.0 Å². The number of nitrogens with one attached hydrogen (secondary N) is 2. The number of hydrogen-bond donors (Lipinski definition) is 2. The van der Waals surface area contributed by atoms with Gasteiger partial charge < -0.3 is 15.4 Å². The number of hydrogen-bond acceptors (Lipinski definition) is 3. The minimum absolute atomic E-state index is 0.140. The lowest BCUT2D eigenvalue weighted by molar-refractivity contribution is 0.0646. The minimum atomic E-state index is 0.140. The second-order valence-electron chi connectivity index (χ2n) is 5.20. The Bertz CT molecular complexity index is 425. The fourth-order valence-corrected chi connectivity index (χ4v) is 2.15. The number of guanidine groups is 1. The van der Waals surface area contributed by atoms with Gasteiger partial charge in [0, 0.05) is 32.0 Å². The van der Waals surface area contributed by atoms with Gasteiger partial charge in [-0.1, -0.05) is 37.3 Å². The van der Waals surface area contributed by atoms with Crippen LogP contribution in [-0.4, -0.2) is 44.2 Å². The van der Waals surface area contributed by atoms with E-state index in [1.54, 1.807) is 7.05 Å². The summed E-state index contributed by atoms with van der Waals surface area (Å²) in [5, 5.41) is 7.21. The number of benzene rings is 1. The maximum atomic E-state index is 5.86. The summed E-state index contributed by atoms with van der Waals surface area (Å²) in [7, 11) is 1.80. The summed E-state index contributed by atoms with van der Waals surface area (Å²) in [5.74, 6) is 0.858. The first-order chi connectivity index (χ1) is 10.7. The van der Waals surface area contributed by atoms with E-state index in [1.165, 1.54) is 5.56 Å². The Morgan fingerprint density at radius 2 is 1.95 bits per heavy atom. The highest BCUT2D eigenvalue weighted by molar-refractivity contribution is 7.99. The molecule has 2 atom stereocenters. The van der Waals surface area contributed by atoms with Crippen LogP contribution in [0.4, 0.5) is 0 Å². The SMILES string of the molecule is CN=C(NCCCOC(C)c1ccccc1)NCC(C)SC. The van der Waals surface area contributed by atoms with Gasteiger partial charge in [-0.05, 0) is 25.2 Å². The summed E-state index contributed by atoms with van der Waals surface area (Å²) in [4.78, 5) is 4.22. The third-order valence-corrected chi connectivity index (χ3v) is 4.40. The molecule has 0 aromatic heterocycles. The number of rotatable bonds is 9. The third-order valence-electron chi connectivity index (χ3n) is 3.43. The molecule has 2 N–H and O–H groups in total. The van der Waals surface area contributed by atoms with Crippen molar-refractivity contribution in [3.8, 4) is 0 Å². The standard InChI is InChI=1S/C17H29N3OS/c1-14(22-4)13-20-17(18-3)19-11-8-12-21-15(2)16-9-6-5-7-10-16/h5-7,9-10,14-15H,8,11-13H2,1-4H3,(H2,18,19,20). The summed E-state index contributed by atoms with van der Waals surface area (Å²) >= 11 is 1.85. The first-order valence-electron chi connectivity index (χ1n) is 7.81. The predicted molar refractivity (Wildman–Crippen MR) is 97.8 cm³/mol. The Balaban J connectivity index is 2.14. The largest absolute Gasteiger partial charge is 0.374 e. The number of thioether (sulfide) groups is 1. The summed E-state index contributed by atoms with van der Waals surface area (Å²) in [6, 6.07) is 10.3. The maximum absolute atomic E-state index is 5.86. The molecule has 2 unspecified atom stereocenters. The average Bonchev–Trinajstić information content (AvgIpc) is 2.57. The summed E-state index contributed by atoms with van der Waals surface area (Å²) in [5.41, 5.74) is 1.22. The van der Waals surface area contributed by atoms with Gasteiger partial charge in [0.25, 0.3) is 0 Å². The van der Waals surface area contributed by atoms with Crippen molar-refractivity contribution in [3.63, 3.8) is 0 Å². The molecule has 0 aliphatic heterocycles. The van der Waals surface area contributed by atoms with Crippen LogP contribution in [0.5, 0.6) is 0 Å². The van der Waals surface area contributed by atoms with E-state index in [2.05, 4.69) is 47.9 Å². The Morgan fingerprint density at radius 1 is 1.23 bits per heavy atom. The van der Waals surface area contributed by atoms with Crippen molar-refractivity contribution >= 4 is 17.7 Å². The van der Waals surface area contributed by atoms with Crippen molar-refractivity contribution in [1.82, 2.24) is 10.6 Å². The van der Waals surface area contributed by atoms with Crippen LogP contribution in [-0.2, 0) is 4.74 Å². The molecule has 0 fully saturated rings. The van der Waals surface area contributed by atoms with E-state index < -0.39 is 0 Å². The van der Waals surface area contributed by atoms with Crippen molar-refractivity contribution in [2.45, 2.75) is 31.6 Å². The van der Waals surface area contributed by atoms with Crippen LogP contribution in [0, 0.1) is 0 Å². The molecule has 1 aromatic carbocycles. The van der Waals surface area contributed by atoms with Crippen LogP contribution in [0.15, 0.2) is 35.3 Å². The topological polar surface area (TPSA) is 45.7 Å². The van der Waals surface area contributed by atoms with Gasteiger partial charge in [0.1, 0.15) is 0 Å². The van der Waals surface area contributed by atoms with Crippen LogP contribution in [0.3, 0.4) is 0 Å². The molecule has 0 saturated heterocycles. The highest BCUT2D eigenvalue weighted by atomic mass is 32.2. The van der Waals surface area contributed by atoms with Crippen molar-refractivity contribution < 1.29 is 4.74 Å². The van der Waals surface area contributed by atoms with Gasteiger partial charge in [0.15, 0.2) is 5.96 Å². The molecule has 1 aromatic rings. The molecule has 1 rings (SSSR count). The number of ether oxygens (including phenoxy) is 1. The molecular formula is C17H29N3OS. The van der Waals surface area contributed by atoms with Crippen LogP contribution >= 0.6 is 11.8 Å². The second kappa shape index (κ2) is 11.4. The Morgan fingerprint density at radius 3 is 2.59 bits per heavy atom. The number of nitrogens with zero attached hydrogens (tertiary/aromatic N) is 1. The molecule has 0 bridgehead atoms. The molecule has 0 radical (unpaired) electrons. The van der Waals surface area contributed by atoms with Gasteiger partial charge in [0.05, 0.1) is 6.10 Å². The van der Waals surface area contributed by atoms with Crippen molar-refractivity contribution in [3.05, 3.63) is 35.9 Å². The summed E-state index contributed by atoms with van der Waals surface area (Å²) < 4.78 is 5.86. The van der Waals surface area contributed by atoms with Crippen LogP contribution in [0.1, 0.15) is 31.9 Å². The lowest BCUT2D eigenvalue weighted by Gasteiger charge is -2.16. The quantitative estimate of drug-likeness (QED) is 0.416. The smallest absolute Gasteiger partial charge is 0.191 e. The highest BCUT2D eigenvalue weighted by Crippen LogP contribution is 2.15. The molecule has 124 valence electrons. The monoisotopic (exact) mass is 323 g/mol. The van der Waals surface area contributed by atoms with Crippen LogP contribution in [0.25, 0.3) is 0 Å².